The normalized spacial score (nSPS) is 12.0. The van der Waals surface area contributed by atoms with Gasteiger partial charge in [-0.2, -0.15) is 0 Å². The van der Waals surface area contributed by atoms with Crippen LogP contribution in [0.15, 0.2) is 46.9 Å². The molecule has 0 aliphatic rings. The summed E-state index contributed by atoms with van der Waals surface area (Å²) in [6.07, 6.45) is 0.684. The van der Waals surface area contributed by atoms with E-state index in [4.69, 9.17) is 21.1 Å². The zero-order valence-electron chi connectivity index (χ0n) is 11.4. The van der Waals surface area contributed by atoms with Crippen LogP contribution in [0.5, 0.6) is 11.5 Å². The van der Waals surface area contributed by atoms with E-state index in [1.165, 1.54) is 0 Å². The maximum absolute atomic E-state index is 6.56. The van der Waals surface area contributed by atoms with Crippen molar-refractivity contribution >= 4 is 27.5 Å². The molecule has 0 fully saturated rings. The third-order valence-electron chi connectivity index (χ3n) is 3.12. The first kappa shape index (κ1) is 15.2. The van der Waals surface area contributed by atoms with E-state index >= 15 is 0 Å². The predicted octanol–water partition coefficient (Wildman–Crippen LogP) is 4.99. The lowest BCUT2D eigenvalue weighted by Crippen LogP contribution is -2.01. The van der Waals surface area contributed by atoms with Crippen molar-refractivity contribution in [3.05, 3.63) is 58.1 Å². The van der Waals surface area contributed by atoms with Crippen LogP contribution in [0.4, 0.5) is 0 Å². The van der Waals surface area contributed by atoms with Gasteiger partial charge in [-0.05, 0) is 30.2 Å². The number of benzene rings is 2. The second-order valence-corrected chi connectivity index (χ2v) is 5.81. The fourth-order valence-corrected chi connectivity index (χ4v) is 2.80. The molecule has 2 rings (SSSR count). The summed E-state index contributed by atoms with van der Waals surface area (Å²) in [5.41, 5.74) is 2.06. The molecule has 0 spiro atoms. The van der Waals surface area contributed by atoms with Crippen molar-refractivity contribution in [3.63, 3.8) is 0 Å². The van der Waals surface area contributed by atoms with E-state index < -0.39 is 0 Å². The fraction of sp³-hybridized carbons (Fsp3) is 0.250. The third kappa shape index (κ3) is 3.47. The first-order valence-electron chi connectivity index (χ1n) is 6.25. The summed E-state index contributed by atoms with van der Waals surface area (Å²) in [6, 6.07) is 13.8. The summed E-state index contributed by atoms with van der Waals surface area (Å²) in [6.45, 7) is 0. The highest BCUT2D eigenvalue weighted by Gasteiger charge is 2.16. The Kier molecular flexibility index (Phi) is 5.32. The zero-order valence-corrected chi connectivity index (χ0v) is 13.7. The quantitative estimate of drug-likeness (QED) is 0.704. The second-order valence-electron chi connectivity index (χ2n) is 4.37. The van der Waals surface area contributed by atoms with Gasteiger partial charge in [-0.3, -0.25) is 0 Å². The fourth-order valence-electron chi connectivity index (χ4n) is 2.12. The summed E-state index contributed by atoms with van der Waals surface area (Å²) >= 11 is 9.99. The molecule has 0 aromatic heterocycles. The Bertz CT molecular complexity index is 586. The van der Waals surface area contributed by atoms with Gasteiger partial charge in [0, 0.05) is 10.0 Å². The first-order chi connectivity index (χ1) is 9.65. The van der Waals surface area contributed by atoms with Gasteiger partial charge >= 0.3 is 0 Å². The van der Waals surface area contributed by atoms with Crippen molar-refractivity contribution in [3.8, 4) is 11.5 Å². The standard InChI is InChI=1S/C16H16BrClO2/c1-19-15-6-4-3-5-11(15)9-14(18)13-8-7-12(17)10-16(13)20-2/h3-8,10,14H,9H2,1-2H3. The number of alkyl halides is 1. The number of hydrogen-bond donors (Lipinski definition) is 0. The Morgan fingerprint density at radius 2 is 1.75 bits per heavy atom. The summed E-state index contributed by atoms with van der Waals surface area (Å²) in [5.74, 6) is 1.64. The topological polar surface area (TPSA) is 18.5 Å². The second kappa shape index (κ2) is 7.00. The maximum atomic E-state index is 6.56. The van der Waals surface area contributed by atoms with E-state index in [1.54, 1.807) is 14.2 Å². The lowest BCUT2D eigenvalue weighted by molar-refractivity contribution is 0.405. The number of rotatable bonds is 5. The number of methoxy groups -OCH3 is 2. The molecule has 106 valence electrons. The molecule has 0 bridgehead atoms. The van der Waals surface area contributed by atoms with E-state index in [0.29, 0.717) is 6.42 Å². The van der Waals surface area contributed by atoms with Gasteiger partial charge in [-0.25, -0.2) is 0 Å². The van der Waals surface area contributed by atoms with Crippen molar-refractivity contribution in [1.29, 1.82) is 0 Å². The summed E-state index contributed by atoms with van der Waals surface area (Å²) in [4.78, 5) is 0. The Balaban J connectivity index is 2.26. The average molecular weight is 356 g/mol. The SMILES string of the molecule is COc1ccccc1CC(Cl)c1ccc(Br)cc1OC. The van der Waals surface area contributed by atoms with Crippen LogP contribution in [0.3, 0.4) is 0 Å². The van der Waals surface area contributed by atoms with E-state index in [9.17, 15) is 0 Å². The highest BCUT2D eigenvalue weighted by Crippen LogP contribution is 2.35. The van der Waals surface area contributed by atoms with E-state index in [2.05, 4.69) is 15.9 Å². The first-order valence-corrected chi connectivity index (χ1v) is 7.48. The van der Waals surface area contributed by atoms with Crippen molar-refractivity contribution in [2.75, 3.05) is 14.2 Å². The zero-order chi connectivity index (χ0) is 14.5. The van der Waals surface area contributed by atoms with Gasteiger partial charge in [0.25, 0.3) is 0 Å². The highest BCUT2D eigenvalue weighted by atomic mass is 79.9. The van der Waals surface area contributed by atoms with Crippen LogP contribution in [0.1, 0.15) is 16.5 Å². The molecule has 2 aromatic rings. The van der Waals surface area contributed by atoms with Gasteiger partial charge in [0.1, 0.15) is 11.5 Å². The minimum Gasteiger partial charge on any atom is -0.496 e. The molecular weight excluding hydrogens is 340 g/mol. The molecule has 0 aliphatic carbocycles. The summed E-state index contributed by atoms with van der Waals surface area (Å²) in [5, 5.41) is -0.172. The molecule has 0 N–H and O–H groups in total. The monoisotopic (exact) mass is 354 g/mol. The van der Waals surface area contributed by atoms with Gasteiger partial charge in [0.05, 0.1) is 19.6 Å². The summed E-state index contributed by atoms with van der Waals surface area (Å²) < 4.78 is 11.7. The third-order valence-corrected chi connectivity index (χ3v) is 4.01. The number of halogens is 2. The van der Waals surface area contributed by atoms with Crippen molar-refractivity contribution in [1.82, 2.24) is 0 Å². The molecule has 2 nitrogen and oxygen atoms in total. The Morgan fingerprint density at radius 3 is 2.45 bits per heavy atom. The van der Waals surface area contributed by atoms with Crippen LogP contribution >= 0.6 is 27.5 Å². The van der Waals surface area contributed by atoms with E-state index in [1.807, 2.05) is 42.5 Å². The lowest BCUT2D eigenvalue weighted by Gasteiger charge is -2.16. The van der Waals surface area contributed by atoms with Crippen LogP contribution in [0.25, 0.3) is 0 Å². The van der Waals surface area contributed by atoms with Crippen molar-refractivity contribution < 1.29 is 9.47 Å². The molecule has 2 aromatic carbocycles. The van der Waals surface area contributed by atoms with E-state index in [-0.39, 0.29) is 5.38 Å². The van der Waals surface area contributed by atoms with Crippen LogP contribution in [0, 0.1) is 0 Å². The molecule has 0 amide bonds. The van der Waals surface area contributed by atoms with Crippen LogP contribution < -0.4 is 9.47 Å². The molecule has 0 heterocycles. The van der Waals surface area contributed by atoms with Crippen molar-refractivity contribution in [2.45, 2.75) is 11.8 Å². The Labute approximate surface area is 132 Å². The average Bonchev–Trinajstić information content (AvgIpc) is 2.47. The molecule has 20 heavy (non-hydrogen) atoms. The minimum absolute atomic E-state index is 0.172. The van der Waals surface area contributed by atoms with Crippen LogP contribution in [0.2, 0.25) is 0 Å². The largest absolute Gasteiger partial charge is 0.496 e. The molecule has 4 heteroatoms. The molecule has 0 saturated heterocycles. The molecular formula is C16H16BrClO2. The molecule has 0 aliphatic heterocycles. The van der Waals surface area contributed by atoms with Crippen LogP contribution in [-0.4, -0.2) is 14.2 Å². The smallest absolute Gasteiger partial charge is 0.124 e. The molecule has 1 atom stereocenters. The number of hydrogen-bond acceptors (Lipinski definition) is 2. The molecule has 0 saturated carbocycles. The van der Waals surface area contributed by atoms with Crippen LogP contribution in [-0.2, 0) is 6.42 Å². The van der Waals surface area contributed by atoms with E-state index in [0.717, 1.165) is 27.1 Å². The predicted molar refractivity (Wildman–Crippen MR) is 86.0 cm³/mol. The van der Waals surface area contributed by atoms with Gasteiger partial charge in [-0.15, -0.1) is 11.6 Å². The van der Waals surface area contributed by atoms with Gasteiger partial charge in [0.15, 0.2) is 0 Å². The molecule has 0 radical (unpaired) electrons. The van der Waals surface area contributed by atoms with Gasteiger partial charge < -0.3 is 9.47 Å². The molecule has 1 unspecified atom stereocenters. The Hall–Kier alpha value is -1.19. The summed E-state index contributed by atoms with van der Waals surface area (Å²) in [7, 11) is 3.32. The van der Waals surface area contributed by atoms with Crippen molar-refractivity contribution in [2.24, 2.45) is 0 Å². The highest BCUT2D eigenvalue weighted by molar-refractivity contribution is 9.10. The Morgan fingerprint density at radius 1 is 1.05 bits per heavy atom. The lowest BCUT2D eigenvalue weighted by atomic mass is 10.0. The van der Waals surface area contributed by atoms with Gasteiger partial charge in [-0.1, -0.05) is 40.2 Å². The maximum Gasteiger partial charge on any atom is 0.124 e. The number of para-hydroxylation sites is 1. The minimum atomic E-state index is -0.172. The van der Waals surface area contributed by atoms with Gasteiger partial charge in [0.2, 0.25) is 0 Å². The number of ether oxygens (including phenoxy) is 2.